The highest BCUT2D eigenvalue weighted by molar-refractivity contribution is 5.75. The molecule has 0 radical (unpaired) electrons. The highest BCUT2D eigenvalue weighted by Crippen LogP contribution is 2.09. The molecule has 0 aromatic rings. The average molecular weight is 229 g/mol. The first kappa shape index (κ1) is 14.1. The second-order valence-corrected chi connectivity index (χ2v) is 2.62. The summed E-state index contributed by atoms with van der Waals surface area (Å²) in [5.74, 6) is -1.10. The number of hydrogen-bond donors (Lipinski definition) is 2. The zero-order valence-electron chi connectivity index (χ0n) is 9.16. The monoisotopic (exact) mass is 229 g/mol. The predicted octanol–water partition coefficient (Wildman–Crippen LogP) is 0.327. The minimum Gasteiger partial charge on any atom is -0.480 e. The van der Waals surface area contributed by atoms with Gasteiger partial charge in [-0.25, -0.2) is 9.79 Å². The van der Waals surface area contributed by atoms with Crippen LogP contribution in [0.5, 0.6) is 0 Å². The smallest absolute Gasteiger partial charge is 0.328 e. The van der Waals surface area contributed by atoms with E-state index in [2.05, 4.69) is 19.8 Å². The molecule has 0 aliphatic rings. The topological polar surface area (TPSA) is 107 Å². The molecule has 7 heteroatoms. The van der Waals surface area contributed by atoms with Gasteiger partial charge in [0, 0.05) is 18.8 Å². The van der Waals surface area contributed by atoms with E-state index in [-0.39, 0.29) is 6.42 Å². The molecule has 0 unspecified atom stereocenters. The summed E-state index contributed by atoms with van der Waals surface area (Å²) in [5.41, 5.74) is 5.72. The molecule has 0 spiro atoms. The van der Waals surface area contributed by atoms with Crippen molar-refractivity contribution in [1.82, 2.24) is 0 Å². The van der Waals surface area contributed by atoms with Gasteiger partial charge in [-0.3, -0.25) is 4.99 Å². The molecular weight excluding hydrogens is 214 g/mol. The van der Waals surface area contributed by atoms with Crippen LogP contribution in [-0.4, -0.2) is 36.8 Å². The summed E-state index contributed by atoms with van der Waals surface area (Å²) in [5, 5.41) is 8.86. The lowest BCUT2D eigenvalue weighted by molar-refractivity contribution is -0.188. The maximum Gasteiger partial charge on any atom is 0.328 e. The molecule has 7 nitrogen and oxygen atoms in total. The number of nitrogens with two attached hydrogens (primary N) is 1. The normalized spacial score (nSPS) is 14.5. The molecule has 0 heterocycles. The van der Waals surface area contributed by atoms with Gasteiger partial charge in [-0.05, 0) is 6.92 Å². The van der Waals surface area contributed by atoms with Crippen molar-refractivity contribution in [3.8, 4) is 0 Å². The number of carbonyl (C=O) groups is 1. The van der Waals surface area contributed by atoms with Crippen molar-refractivity contribution in [2.45, 2.75) is 19.4 Å². The standard InChI is InChI=1S/C9H15N3O4/c1-3-11-7(5-10)4-8(9(13)14)12-6-16-15-2/h3,5-6,8H,4,10H2,1-2H3,(H,13,14)/b7-5-,11-3?,12-6?/t8-/m1/s1. The molecule has 0 saturated carbocycles. The maximum absolute atomic E-state index is 10.8. The van der Waals surface area contributed by atoms with Crippen molar-refractivity contribution in [2.24, 2.45) is 15.7 Å². The fourth-order valence-electron chi connectivity index (χ4n) is 0.873. The van der Waals surface area contributed by atoms with Crippen molar-refractivity contribution >= 4 is 18.6 Å². The third-order valence-electron chi connectivity index (χ3n) is 1.55. The molecule has 0 aromatic heterocycles. The van der Waals surface area contributed by atoms with Gasteiger partial charge in [-0.15, -0.1) is 0 Å². The molecule has 16 heavy (non-hydrogen) atoms. The van der Waals surface area contributed by atoms with Crippen LogP contribution in [0.1, 0.15) is 13.3 Å². The quantitative estimate of drug-likeness (QED) is 0.283. The lowest BCUT2D eigenvalue weighted by Crippen LogP contribution is -2.19. The van der Waals surface area contributed by atoms with Crippen LogP contribution >= 0.6 is 0 Å². The van der Waals surface area contributed by atoms with Crippen LogP contribution in [0.15, 0.2) is 21.9 Å². The third kappa shape index (κ3) is 5.76. The van der Waals surface area contributed by atoms with E-state index < -0.39 is 12.0 Å². The largest absolute Gasteiger partial charge is 0.480 e. The average Bonchev–Trinajstić information content (AvgIpc) is 2.26. The van der Waals surface area contributed by atoms with E-state index in [4.69, 9.17) is 10.8 Å². The molecule has 0 bridgehead atoms. The number of aliphatic carboxylic acids is 1. The minimum absolute atomic E-state index is 0.0831. The van der Waals surface area contributed by atoms with Gasteiger partial charge < -0.3 is 15.7 Å². The molecule has 3 N–H and O–H groups in total. The van der Waals surface area contributed by atoms with Gasteiger partial charge in [-0.2, -0.15) is 4.89 Å². The van der Waals surface area contributed by atoms with Crippen LogP contribution in [0.25, 0.3) is 0 Å². The summed E-state index contributed by atoms with van der Waals surface area (Å²) in [4.78, 5) is 26.9. The molecule has 0 rings (SSSR count). The van der Waals surface area contributed by atoms with Crippen LogP contribution in [0.3, 0.4) is 0 Å². The molecule has 90 valence electrons. The van der Waals surface area contributed by atoms with Gasteiger partial charge in [0.05, 0.1) is 12.8 Å². The highest BCUT2D eigenvalue weighted by atomic mass is 17.2. The lowest BCUT2D eigenvalue weighted by atomic mass is 10.2. The molecule has 0 amide bonds. The van der Waals surface area contributed by atoms with Crippen LogP contribution in [0.4, 0.5) is 0 Å². The Bertz CT molecular complexity index is 299. The van der Waals surface area contributed by atoms with Crippen molar-refractivity contribution < 1.29 is 19.7 Å². The van der Waals surface area contributed by atoms with E-state index in [0.717, 1.165) is 6.40 Å². The highest BCUT2D eigenvalue weighted by Gasteiger charge is 2.17. The van der Waals surface area contributed by atoms with Gasteiger partial charge in [-0.1, -0.05) is 0 Å². The molecular formula is C9H15N3O4. The Morgan fingerprint density at radius 3 is 2.75 bits per heavy atom. The first-order valence-electron chi connectivity index (χ1n) is 4.49. The summed E-state index contributed by atoms with van der Waals surface area (Å²) < 4.78 is 0. The summed E-state index contributed by atoms with van der Waals surface area (Å²) in [7, 11) is 1.29. The van der Waals surface area contributed by atoms with Crippen LogP contribution < -0.4 is 5.73 Å². The van der Waals surface area contributed by atoms with Gasteiger partial charge >= 0.3 is 5.97 Å². The van der Waals surface area contributed by atoms with Crippen LogP contribution in [0.2, 0.25) is 0 Å². The van der Waals surface area contributed by atoms with Gasteiger partial charge in [0.2, 0.25) is 6.40 Å². The van der Waals surface area contributed by atoms with Crippen molar-refractivity contribution in [3.05, 3.63) is 11.9 Å². The number of rotatable bonds is 7. The Morgan fingerprint density at radius 1 is 1.62 bits per heavy atom. The predicted molar refractivity (Wildman–Crippen MR) is 59.1 cm³/mol. The SMILES string of the molecule is CC=N/C(=C\N)C[C@@H](N=COOC)C(=O)O. The fraction of sp³-hybridized carbons (Fsp3) is 0.444. The third-order valence-corrected chi connectivity index (χ3v) is 1.55. The Kier molecular flexibility index (Phi) is 7.43. The van der Waals surface area contributed by atoms with Gasteiger partial charge in [0.15, 0.2) is 6.04 Å². The maximum atomic E-state index is 10.8. The summed E-state index contributed by atoms with van der Waals surface area (Å²) in [6, 6.07) is -1.01. The molecule has 0 aromatic carbocycles. The molecule has 0 aliphatic carbocycles. The van der Waals surface area contributed by atoms with Gasteiger partial charge in [0.25, 0.3) is 0 Å². The van der Waals surface area contributed by atoms with Gasteiger partial charge in [0.1, 0.15) is 0 Å². The van der Waals surface area contributed by atoms with Crippen LogP contribution in [-0.2, 0) is 14.6 Å². The zero-order valence-corrected chi connectivity index (χ0v) is 9.16. The summed E-state index contributed by atoms with van der Waals surface area (Å²) in [6.07, 6.45) is 3.76. The fourth-order valence-corrected chi connectivity index (χ4v) is 0.873. The molecule has 0 fully saturated rings. The molecule has 1 atom stereocenters. The Morgan fingerprint density at radius 2 is 2.31 bits per heavy atom. The Balaban J connectivity index is 4.50. The number of carboxylic acid groups (broad SMARTS) is 1. The van der Waals surface area contributed by atoms with E-state index in [0.29, 0.717) is 5.70 Å². The number of aliphatic imine (C=N–C) groups is 2. The Labute approximate surface area is 93.2 Å². The number of nitrogens with zero attached hydrogens (tertiary/aromatic N) is 2. The lowest BCUT2D eigenvalue weighted by Gasteiger charge is -2.06. The van der Waals surface area contributed by atoms with E-state index in [1.165, 1.54) is 19.5 Å². The second kappa shape index (κ2) is 8.42. The number of carboxylic acids is 1. The van der Waals surface area contributed by atoms with Crippen molar-refractivity contribution in [2.75, 3.05) is 7.11 Å². The van der Waals surface area contributed by atoms with E-state index in [9.17, 15) is 4.79 Å². The van der Waals surface area contributed by atoms with Crippen LogP contribution in [0, 0.1) is 0 Å². The Hall–Kier alpha value is -1.89. The molecule has 0 aliphatic heterocycles. The van der Waals surface area contributed by atoms with E-state index >= 15 is 0 Å². The second-order valence-electron chi connectivity index (χ2n) is 2.62. The summed E-state index contributed by atoms with van der Waals surface area (Å²) in [6.45, 7) is 1.70. The van der Waals surface area contributed by atoms with E-state index in [1.54, 1.807) is 6.92 Å². The number of hydrogen-bond acceptors (Lipinski definition) is 6. The molecule has 0 saturated heterocycles. The first-order chi connectivity index (χ1) is 7.65. The summed E-state index contributed by atoms with van der Waals surface area (Å²) >= 11 is 0. The van der Waals surface area contributed by atoms with E-state index in [1.807, 2.05) is 0 Å². The van der Waals surface area contributed by atoms with Crippen molar-refractivity contribution in [1.29, 1.82) is 0 Å². The van der Waals surface area contributed by atoms with Crippen molar-refractivity contribution in [3.63, 3.8) is 0 Å². The zero-order chi connectivity index (χ0) is 12.4. The first-order valence-corrected chi connectivity index (χ1v) is 4.49. The minimum atomic E-state index is -1.10.